The van der Waals surface area contributed by atoms with Crippen molar-refractivity contribution >= 4 is 0 Å². The van der Waals surface area contributed by atoms with Gasteiger partial charge in [-0.15, -0.1) is 0 Å². The van der Waals surface area contributed by atoms with Crippen molar-refractivity contribution in [1.82, 2.24) is 5.32 Å². The minimum atomic E-state index is 0.771. The summed E-state index contributed by atoms with van der Waals surface area (Å²) in [7, 11) is 0. The zero-order chi connectivity index (χ0) is 11.8. The molecule has 1 aromatic carbocycles. The maximum absolute atomic E-state index is 3.44. The summed E-state index contributed by atoms with van der Waals surface area (Å²) in [5, 5.41) is 3.44. The molecule has 0 aromatic heterocycles. The first-order valence-corrected chi connectivity index (χ1v) is 6.58. The van der Waals surface area contributed by atoms with Crippen molar-refractivity contribution in [3.63, 3.8) is 0 Å². The van der Waals surface area contributed by atoms with Gasteiger partial charge in [-0.1, -0.05) is 51.5 Å². The molecule has 0 saturated carbocycles. The van der Waals surface area contributed by atoms with Crippen LogP contribution < -0.4 is 5.32 Å². The number of nitrogens with one attached hydrogen (secondary N) is 1. The minimum absolute atomic E-state index is 0.771. The second-order valence-corrected chi connectivity index (χ2v) is 4.46. The van der Waals surface area contributed by atoms with Gasteiger partial charge in [0, 0.05) is 0 Å². The maximum Gasteiger partial charge on any atom is -0.00176 e. The van der Waals surface area contributed by atoms with Gasteiger partial charge in [0.2, 0.25) is 0 Å². The predicted octanol–water partition coefficient (Wildman–Crippen LogP) is 3.43. The van der Waals surface area contributed by atoms with Crippen molar-refractivity contribution in [2.45, 2.75) is 40.0 Å². The third-order valence-corrected chi connectivity index (χ3v) is 3.22. The number of hydrogen-bond acceptors (Lipinski definition) is 1. The van der Waals surface area contributed by atoms with Crippen LogP contribution in [0.3, 0.4) is 0 Å². The summed E-state index contributed by atoms with van der Waals surface area (Å²) in [4.78, 5) is 0. The molecule has 1 unspecified atom stereocenters. The summed E-state index contributed by atoms with van der Waals surface area (Å²) in [5.74, 6) is 0.771. The van der Waals surface area contributed by atoms with Crippen LogP contribution in [0, 0.1) is 5.92 Å². The lowest BCUT2D eigenvalue weighted by molar-refractivity contribution is 0.467. The Labute approximate surface area is 100 Å². The molecule has 1 nitrogen and oxygen atoms in total. The van der Waals surface area contributed by atoms with Crippen LogP contribution in [0.25, 0.3) is 0 Å². The Morgan fingerprint density at radius 1 is 1.00 bits per heavy atom. The molecule has 1 heteroatoms. The number of hydrogen-bond donors (Lipinski definition) is 1. The normalized spacial score (nSPS) is 12.7. The fourth-order valence-corrected chi connectivity index (χ4v) is 1.95. The Hall–Kier alpha value is -0.820. The zero-order valence-corrected chi connectivity index (χ0v) is 10.9. The van der Waals surface area contributed by atoms with Crippen LogP contribution in [-0.4, -0.2) is 13.1 Å². The van der Waals surface area contributed by atoms with E-state index in [2.05, 4.69) is 50.4 Å². The van der Waals surface area contributed by atoms with Gasteiger partial charge in [-0.05, 0) is 43.0 Å². The highest BCUT2D eigenvalue weighted by molar-refractivity contribution is 5.22. The largest absolute Gasteiger partial charge is 0.317 e. The molecule has 0 aliphatic carbocycles. The highest BCUT2D eigenvalue weighted by Gasteiger charge is 2.06. The Balaban J connectivity index is 2.49. The molecule has 0 amide bonds. The second-order valence-electron chi connectivity index (χ2n) is 4.46. The molecule has 0 aliphatic heterocycles. The van der Waals surface area contributed by atoms with Crippen LogP contribution in [0.2, 0.25) is 0 Å². The number of rotatable bonds is 7. The van der Waals surface area contributed by atoms with E-state index < -0.39 is 0 Å². The van der Waals surface area contributed by atoms with Gasteiger partial charge in [0.15, 0.2) is 0 Å². The lowest BCUT2D eigenvalue weighted by atomic mass is 9.96. The van der Waals surface area contributed by atoms with Crippen LogP contribution >= 0.6 is 0 Å². The predicted molar refractivity (Wildman–Crippen MR) is 71.8 cm³/mol. The van der Waals surface area contributed by atoms with Crippen molar-refractivity contribution < 1.29 is 0 Å². The van der Waals surface area contributed by atoms with Crippen molar-refractivity contribution in [2.75, 3.05) is 13.1 Å². The molecule has 16 heavy (non-hydrogen) atoms. The highest BCUT2D eigenvalue weighted by Crippen LogP contribution is 2.13. The summed E-state index contributed by atoms with van der Waals surface area (Å²) in [6.45, 7) is 8.87. The van der Waals surface area contributed by atoms with Crippen LogP contribution in [0.15, 0.2) is 24.3 Å². The first-order valence-electron chi connectivity index (χ1n) is 6.58. The number of benzene rings is 1. The van der Waals surface area contributed by atoms with Crippen LogP contribution in [0.4, 0.5) is 0 Å². The van der Waals surface area contributed by atoms with E-state index in [1.807, 2.05) is 0 Å². The molecule has 0 heterocycles. The molecular formula is C15H25N. The molecule has 0 fully saturated rings. The lowest BCUT2D eigenvalue weighted by Crippen LogP contribution is -2.23. The van der Waals surface area contributed by atoms with Gasteiger partial charge >= 0.3 is 0 Å². The minimum Gasteiger partial charge on any atom is -0.317 e. The van der Waals surface area contributed by atoms with E-state index in [-0.39, 0.29) is 0 Å². The quantitative estimate of drug-likeness (QED) is 0.741. The SMILES string of the molecule is CCNCC(CC)Cc1ccc(CC)cc1. The lowest BCUT2D eigenvalue weighted by Gasteiger charge is -2.15. The van der Waals surface area contributed by atoms with E-state index in [9.17, 15) is 0 Å². The monoisotopic (exact) mass is 219 g/mol. The average molecular weight is 219 g/mol. The molecule has 0 aliphatic rings. The molecule has 1 atom stereocenters. The van der Waals surface area contributed by atoms with Gasteiger partial charge in [0.1, 0.15) is 0 Å². The summed E-state index contributed by atoms with van der Waals surface area (Å²) >= 11 is 0. The molecular weight excluding hydrogens is 194 g/mol. The standard InChI is InChI=1S/C15H25N/c1-4-13-7-9-15(10-8-13)11-14(5-2)12-16-6-3/h7-10,14,16H,4-6,11-12H2,1-3H3. The molecule has 0 spiro atoms. The molecule has 1 rings (SSSR count). The highest BCUT2D eigenvalue weighted by atomic mass is 14.8. The molecule has 0 radical (unpaired) electrons. The molecule has 90 valence electrons. The van der Waals surface area contributed by atoms with Crippen molar-refractivity contribution in [2.24, 2.45) is 5.92 Å². The topological polar surface area (TPSA) is 12.0 Å². The van der Waals surface area contributed by atoms with Gasteiger partial charge in [-0.25, -0.2) is 0 Å². The molecule has 1 aromatic rings. The first kappa shape index (κ1) is 13.2. The molecule has 0 saturated heterocycles. The van der Waals surface area contributed by atoms with E-state index in [0.717, 1.165) is 25.4 Å². The van der Waals surface area contributed by atoms with Crippen LogP contribution in [-0.2, 0) is 12.8 Å². The Morgan fingerprint density at radius 3 is 2.12 bits per heavy atom. The summed E-state index contributed by atoms with van der Waals surface area (Å²) < 4.78 is 0. The van der Waals surface area contributed by atoms with Gasteiger partial charge in [0.05, 0.1) is 0 Å². The zero-order valence-electron chi connectivity index (χ0n) is 10.9. The van der Waals surface area contributed by atoms with Crippen molar-refractivity contribution in [1.29, 1.82) is 0 Å². The molecule has 1 N–H and O–H groups in total. The fraction of sp³-hybridized carbons (Fsp3) is 0.600. The summed E-state index contributed by atoms with van der Waals surface area (Å²) in [5.41, 5.74) is 2.91. The smallest absolute Gasteiger partial charge is 0.00176 e. The summed E-state index contributed by atoms with van der Waals surface area (Å²) in [6, 6.07) is 9.09. The van der Waals surface area contributed by atoms with Gasteiger partial charge < -0.3 is 5.32 Å². The molecule has 0 bridgehead atoms. The second kappa shape index (κ2) is 7.45. The van der Waals surface area contributed by atoms with E-state index in [0.29, 0.717) is 0 Å². The summed E-state index contributed by atoms with van der Waals surface area (Å²) in [6.07, 6.45) is 3.59. The number of aryl methyl sites for hydroxylation is 1. The van der Waals surface area contributed by atoms with E-state index in [1.165, 1.54) is 24.0 Å². The Kier molecular flexibility index (Phi) is 6.17. The van der Waals surface area contributed by atoms with Crippen molar-refractivity contribution in [3.05, 3.63) is 35.4 Å². The first-order chi connectivity index (χ1) is 7.80. The van der Waals surface area contributed by atoms with Gasteiger partial charge in [-0.3, -0.25) is 0 Å². The van der Waals surface area contributed by atoms with Gasteiger partial charge in [0.25, 0.3) is 0 Å². The Morgan fingerprint density at radius 2 is 1.62 bits per heavy atom. The third kappa shape index (κ3) is 4.36. The van der Waals surface area contributed by atoms with E-state index in [4.69, 9.17) is 0 Å². The average Bonchev–Trinajstić information content (AvgIpc) is 2.35. The van der Waals surface area contributed by atoms with Crippen LogP contribution in [0.1, 0.15) is 38.3 Å². The fourth-order valence-electron chi connectivity index (χ4n) is 1.95. The van der Waals surface area contributed by atoms with E-state index in [1.54, 1.807) is 0 Å². The van der Waals surface area contributed by atoms with Crippen molar-refractivity contribution in [3.8, 4) is 0 Å². The van der Waals surface area contributed by atoms with Gasteiger partial charge in [-0.2, -0.15) is 0 Å². The van der Waals surface area contributed by atoms with E-state index >= 15 is 0 Å². The third-order valence-electron chi connectivity index (χ3n) is 3.22. The Bertz CT molecular complexity index is 276. The maximum atomic E-state index is 3.44. The van der Waals surface area contributed by atoms with Crippen LogP contribution in [0.5, 0.6) is 0 Å².